The number of hydrogen-bond acceptors (Lipinski definition) is 4. The van der Waals surface area contributed by atoms with Crippen LogP contribution in [0.15, 0.2) is 0 Å². The molecular weight excluding hydrogens is 140 g/mol. The van der Waals surface area contributed by atoms with E-state index in [2.05, 4.69) is 11.5 Å². The van der Waals surface area contributed by atoms with E-state index in [0.717, 1.165) is 0 Å². The van der Waals surface area contributed by atoms with Crippen LogP contribution in [0.1, 0.15) is 13.8 Å². The Kier molecular flexibility index (Phi) is 2.45. The first kappa shape index (κ1) is 8.47. The first-order valence-corrected chi connectivity index (χ1v) is 3.84. The second kappa shape index (κ2) is 3.18. The summed E-state index contributed by atoms with van der Waals surface area (Å²) in [5, 5.41) is 10.6. The number of nitriles is 1. The van der Waals surface area contributed by atoms with Gasteiger partial charge in [-0.25, -0.2) is 5.01 Å². The van der Waals surface area contributed by atoms with Crippen molar-refractivity contribution in [1.29, 1.82) is 5.26 Å². The molecule has 2 unspecified atom stereocenters. The molecule has 1 fully saturated rings. The van der Waals surface area contributed by atoms with E-state index in [1.165, 1.54) is 0 Å². The highest BCUT2D eigenvalue weighted by molar-refractivity contribution is 4.95. The van der Waals surface area contributed by atoms with E-state index in [1.807, 2.05) is 18.9 Å². The largest absolute Gasteiger partial charge is 0.314 e. The molecule has 3 N–H and O–H groups in total. The summed E-state index contributed by atoms with van der Waals surface area (Å²) in [6.45, 7) is 4.77. The summed E-state index contributed by atoms with van der Waals surface area (Å²) < 4.78 is 0. The Morgan fingerprint density at radius 3 is 2.64 bits per heavy atom. The van der Waals surface area contributed by atoms with Gasteiger partial charge in [-0.3, -0.25) is 5.43 Å². The SMILES string of the molecule is CC(C)N1NCC(C#N)C1N. The molecule has 4 heteroatoms. The first-order chi connectivity index (χ1) is 5.16. The highest BCUT2D eigenvalue weighted by atomic mass is 15.6. The molecule has 2 atom stereocenters. The molecule has 1 aliphatic heterocycles. The Morgan fingerprint density at radius 2 is 2.36 bits per heavy atom. The van der Waals surface area contributed by atoms with Gasteiger partial charge in [0.05, 0.1) is 18.2 Å². The summed E-state index contributed by atoms with van der Waals surface area (Å²) >= 11 is 0. The summed E-state index contributed by atoms with van der Waals surface area (Å²) in [7, 11) is 0. The van der Waals surface area contributed by atoms with Gasteiger partial charge in [0.1, 0.15) is 0 Å². The maximum absolute atomic E-state index is 8.64. The Bertz CT molecular complexity index is 172. The van der Waals surface area contributed by atoms with Crippen molar-refractivity contribution in [3.63, 3.8) is 0 Å². The minimum Gasteiger partial charge on any atom is -0.314 e. The molecular formula is C7H14N4. The van der Waals surface area contributed by atoms with Crippen LogP contribution >= 0.6 is 0 Å². The summed E-state index contributed by atoms with van der Waals surface area (Å²) in [4.78, 5) is 0. The van der Waals surface area contributed by atoms with Crippen LogP contribution in [0.5, 0.6) is 0 Å². The quantitative estimate of drug-likeness (QED) is 0.541. The van der Waals surface area contributed by atoms with Gasteiger partial charge in [0.25, 0.3) is 0 Å². The van der Waals surface area contributed by atoms with Crippen molar-refractivity contribution in [2.75, 3.05) is 6.54 Å². The molecule has 0 aromatic heterocycles. The van der Waals surface area contributed by atoms with E-state index >= 15 is 0 Å². The van der Waals surface area contributed by atoms with Crippen molar-refractivity contribution in [3.8, 4) is 6.07 Å². The second-order valence-electron chi connectivity index (χ2n) is 3.09. The molecule has 0 aliphatic carbocycles. The second-order valence-corrected chi connectivity index (χ2v) is 3.09. The van der Waals surface area contributed by atoms with Crippen LogP contribution in [0.25, 0.3) is 0 Å². The molecule has 0 radical (unpaired) electrons. The number of hydrazine groups is 1. The summed E-state index contributed by atoms with van der Waals surface area (Å²) in [5.41, 5.74) is 8.87. The molecule has 1 rings (SSSR count). The topological polar surface area (TPSA) is 65.1 Å². The van der Waals surface area contributed by atoms with Crippen molar-refractivity contribution in [2.24, 2.45) is 11.7 Å². The van der Waals surface area contributed by atoms with Gasteiger partial charge in [0.15, 0.2) is 0 Å². The third kappa shape index (κ3) is 1.51. The molecule has 0 amide bonds. The van der Waals surface area contributed by atoms with Crippen molar-refractivity contribution < 1.29 is 0 Å². The van der Waals surface area contributed by atoms with Crippen LogP contribution in [0.2, 0.25) is 0 Å². The van der Waals surface area contributed by atoms with Gasteiger partial charge < -0.3 is 5.73 Å². The fraction of sp³-hybridized carbons (Fsp3) is 0.857. The highest BCUT2D eigenvalue weighted by Gasteiger charge is 2.32. The van der Waals surface area contributed by atoms with E-state index in [1.54, 1.807) is 0 Å². The fourth-order valence-electron chi connectivity index (χ4n) is 1.27. The molecule has 1 heterocycles. The number of nitrogens with two attached hydrogens (primary N) is 1. The number of nitrogens with one attached hydrogen (secondary N) is 1. The molecule has 1 saturated heterocycles. The monoisotopic (exact) mass is 154 g/mol. The van der Waals surface area contributed by atoms with Crippen LogP contribution in [-0.4, -0.2) is 23.8 Å². The normalized spacial score (nSPS) is 32.6. The molecule has 0 bridgehead atoms. The molecule has 0 aromatic rings. The van der Waals surface area contributed by atoms with E-state index in [0.29, 0.717) is 12.6 Å². The zero-order valence-corrected chi connectivity index (χ0v) is 6.91. The third-order valence-corrected chi connectivity index (χ3v) is 1.95. The van der Waals surface area contributed by atoms with Crippen LogP contribution in [0.4, 0.5) is 0 Å². The van der Waals surface area contributed by atoms with Crippen LogP contribution in [0.3, 0.4) is 0 Å². The lowest BCUT2D eigenvalue weighted by molar-refractivity contribution is 0.139. The lowest BCUT2D eigenvalue weighted by Gasteiger charge is -2.25. The van der Waals surface area contributed by atoms with Crippen molar-refractivity contribution in [3.05, 3.63) is 0 Å². The van der Waals surface area contributed by atoms with E-state index in [-0.39, 0.29) is 12.1 Å². The van der Waals surface area contributed by atoms with Crippen LogP contribution < -0.4 is 11.2 Å². The zero-order valence-electron chi connectivity index (χ0n) is 6.91. The fourth-order valence-corrected chi connectivity index (χ4v) is 1.27. The van der Waals surface area contributed by atoms with Gasteiger partial charge in [0, 0.05) is 12.6 Å². The Hall–Kier alpha value is -0.630. The molecule has 62 valence electrons. The zero-order chi connectivity index (χ0) is 8.43. The molecule has 0 spiro atoms. The lowest BCUT2D eigenvalue weighted by Crippen LogP contribution is -2.47. The van der Waals surface area contributed by atoms with Crippen LogP contribution in [0, 0.1) is 17.2 Å². The highest BCUT2D eigenvalue weighted by Crippen LogP contribution is 2.13. The first-order valence-electron chi connectivity index (χ1n) is 3.84. The Balaban J connectivity index is 2.57. The summed E-state index contributed by atoms with van der Waals surface area (Å²) in [6, 6.07) is 2.52. The molecule has 0 saturated carbocycles. The number of nitrogens with zero attached hydrogens (tertiary/aromatic N) is 2. The van der Waals surface area contributed by atoms with Gasteiger partial charge in [-0.05, 0) is 13.8 Å². The predicted octanol–water partition coefficient (Wildman–Crippen LogP) is -0.360. The molecule has 1 aliphatic rings. The van der Waals surface area contributed by atoms with Crippen LogP contribution in [-0.2, 0) is 0 Å². The summed E-state index contributed by atoms with van der Waals surface area (Å²) in [5.74, 6) is -0.0719. The number of hydrogen-bond donors (Lipinski definition) is 2. The Morgan fingerprint density at radius 1 is 1.73 bits per heavy atom. The Labute approximate surface area is 66.9 Å². The minimum absolute atomic E-state index is 0.0719. The maximum atomic E-state index is 8.64. The maximum Gasteiger partial charge on any atom is 0.0898 e. The lowest BCUT2D eigenvalue weighted by atomic mass is 10.1. The molecule has 0 aromatic carbocycles. The van der Waals surface area contributed by atoms with Crippen molar-refractivity contribution in [2.45, 2.75) is 26.1 Å². The number of rotatable bonds is 1. The van der Waals surface area contributed by atoms with Crippen molar-refractivity contribution in [1.82, 2.24) is 10.4 Å². The molecule has 11 heavy (non-hydrogen) atoms. The summed E-state index contributed by atoms with van der Waals surface area (Å²) in [6.07, 6.45) is -0.153. The average Bonchev–Trinajstić information content (AvgIpc) is 2.30. The smallest absolute Gasteiger partial charge is 0.0898 e. The van der Waals surface area contributed by atoms with Gasteiger partial charge in [-0.15, -0.1) is 0 Å². The van der Waals surface area contributed by atoms with E-state index < -0.39 is 0 Å². The predicted molar refractivity (Wildman–Crippen MR) is 42.1 cm³/mol. The van der Waals surface area contributed by atoms with Gasteiger partial charge >= 0.3 is 0 Å². The standard InChI is InChI=1S/C7H14N4/c1-5(2)11-7(9)6(3-8)4-10-11/h5-7,10H,4,9H2,1-2H3. The van der Waals surface area contributed by atoms with Gasteiger partial charge in [-0.2, -0.15) is 5.26 Å². The van der Waals surface area contributed by atoms with Crippen molar-refractivity contribution >= 4 is 0 Å². The van der Waals surface area contributed by atoms with Gasteiger partial charge in [-0.1, -0.05) is 0 Å². The average molecular weight is 154 g/mol. The van der Waals surface area contributed by atoms with Gasteiger partial charge in [0.2, 0.25) is 0 Å². The van der Waals surface area contributed by atoms with E-state index in [9.17, 15) is 0 Å². The molecule has 4 nitrogen and oxygen atoms in total. The minimum atomic E-state index is -0.153. The van der Waals surface area contributed by atoms with E-state index in [4.69, 9.17) is 11.0 Å². The third-order valence-electron chi connectivity index (χ3n) is 1.95.